The molecule has 1 saturated carbocycles. The van der Waals surface area contributed by atoms with Crippen LogP contribution in [0.2, 0.25) is 0 Å². The van der Waals surface area contributed by atoms with Crippen molar-refractivity contribution in [2.24, 2.45) is 11.8 Å². The molecule has 2 saturated heterocycles. The molecule has 0 aromatic heterocycles. The number of hydrogen-bond donors (Lipinski definition) is 2. The summed E-state index contributed by atoms with van der Waals surface area (Å²) < 4.78 is 0. The summed E-state index contributed by atoms with van der Waals surface area (Å²) in [4.78, 5) is 14.4. The van der Waals surface area contributed by atoms with Crippen LogP contribution >= 0.6 is 0 Å². The number of hydrogen-bond acceptors (Lipinski definition) is 2. The minimum atomic E-state index is -0.146. The van der Waals surface area contributed by atoms with Crippen molar-refractivity contribution >= 4 is 6.03 Å². The summed E-state index contributed by atoms with van der Waals surface area (Å²) in [5.41, 5.74) is 0.230. The van der Waals surface area contributed by atoms with E-state index < -0.39 is 0 Å². The summed E-state index contributed by atoms with van der Waals surface area (Å²) in [5, 5.41) is 6.90. The first kappa shape index (κ1) is 14.2. The molecule has 3 aliphatic rings. The third kappa shape index (κ3) is 2.43. The Morgan fingerprint density at radius 1 is 1.25 bits per heavy atom. The molecule has 2 aliphatic heterocycles. The van der Waals surface area contributed by atoms with E-state index in [0.29, 0.717) is 11.5 Å². The van der Waals surface area contributed by atoms with Crippen LogP contribution in [0.15, 0.2) is 0 Å². The number of rotatable bonds is 1. The van der Waals surface area contributed by atoms with E-state index >= 15 is 0 Å². The molecule has 0 spiro atoms. The Labute approximate surface area is 122 Å². The highest BCUT2D eigenvalue weighted by Gasteiger charge is 2.54. The lowest BCUT2D eigenvalue weighted by atomic mass is 9.59. The molecule has 2 N–H and O–H groups in total. The summed E-state index contributed by atoms with van der Waals surface area (Å²) >= 11 is 0. The number of amides is 2. The van der Waals surface area contributed by atoms with Crippen LogP contribution in [-0.2, 0) is 0 Å². The maximum atomic E-state index is 12.4. The fourth-order valence-corrected chi connectivity index (χ4v) is 4.44. The second-order valence-corrected chi connectivity index (χ2v) is 7.96. The smallest absolute Gasteiger partial charge is 0.317 e. The van der Waals surface area contributed by atoms with Gasteiger partial charge in [0.1, 0.15) is 0 Å². The van der Waals surface area contributed by atoms with E-state index in [4.69, 9.17) is 0 Å². The molecule has 0 aromatic carbocycles. The molecular formula is C16H29N3O. The van der Waals surface area contributed by atoms with Crippen molar-refractivity contribution in [3.05, 3.63) is 0 Å². The molecule has 3 rings (SSSR count). The number of piperidine rings is 1. The van der Waals surface area contributed by atoms with E-state index in [1.807, 2.05) is 25.7 Å². The average molecular weight is 279 g/mol. The normalized spacial score (nSPS) is 37.2. The zero-order valence-corrected chi connectivity index (χ0v) is 13.2. The van der Waals surface area contributed by atoms with Gasteiger partial charge in [0.25, 0.3) is 0 Å². The summed E-state index contributed by atoms with van der Waals surface area (Å²) in [6.45, 7) is 9.17. The van der Waals surface area contributed by atoms with Crippen molar-refractivity contribution in [2.75, 3.05) is 19.6 Å². The van der Waals surface area contributed by atoms with Crippen molar-refractivity contribution in [1.82, 2.24) is 15.5 Å². The van der Waals surface area contributed by atoms with Crippen molar-refractivity contribution in [3.63, 3.8) is 0 Å². The van der Waals surface area contributed by atoms with Gasteiger partial charge in [-0.25, -0.2) is 4.79 Å². The minimum absolute atomic E-state index is 0.118. The monoisotopic (exact) mass is 279 g/mol. The molecule has 0 radical (unpaired) electrons. The van der Waals surface area contributed by atoms with Gasteiger partial charge < -0.3 is 15.5 Å². The first-order chi connectivity index (χ1) is 9.41. The van der Waals surface area contributed by atoms with E-state index in [9.17, 15) is 4.79 Å². The van der Waals surface area contributed by atoms with Gasteiger partial charge in [0.05, 0.1) is 0 Å². The molecule has 3 unspecified atom stereocenters. The number of nitrogens with zero attached hydrogens (tertiary/aromatic N) is 1. The maximum Gasteiger partial charge on any atom is 0.317 e. The molecule has 0 aromatic rings. The third-order valence-electron chi connectivity index (χ3n) is 5.50. The lowest BCUT2D eigenvalue weighted by molar-refractivity contribution is 0.0258. The van der Waals surface area contributed by atoms with Crippen molar-refractivity contribution in [2.45, 2.75) is 64.0 Å². The Hall–Kier alpha value is -0.770. The van der Waals surface area contributed by atoms with Crippen LogP contribution < -0.4 is 10.6 Å². The largest absolute Gasteiger partial charge is 0.333 e. The van der Waals surface area contributed by atoms with Gasteiger partial charge in [-0.05, 0) is 71.3 Å². The molecule has 1 aliphatic carbocycles. The SMILES string of the molecule is CC(C)(C)NC(=O)N1CCCC(C23CCC2CCN3)C1. The van der Waals surface area contributed by atoms with Gasteiger partial charge in [0.2, 0.25) is 0 Å². The number of nitrogens with one attached hydrogen (secondary N) is 2. The number of urea groups is 1. The van der Waals surface area contributed by atoms with Gasteiger partial charge in [0, 0.05) is 24.2 Å². The molecule has 3 fully saturated rings. The number of carbonyl (C=O) groups is 1. The Morgan fingerprint density at radius 3 is 2.65 bits per heavy atom. The van der Waals surface area contributed by atoms with Crippen LogP contribution in [0.25, 0.3) is 0 Å². The van der Waals surface area contributed by atoms with Gasteiger partial charge >= 0.3 is 6.03 Å². The molecule has 20 heavy (non-hydrogen) atoms. The average Bonchev–Trinajstić information content (AvgIpc) is 2.64. The predicted molar refractivity (Wildman–Crippen MR) is 80.7 cm³/mol. The van der Waals surface area contributed by atoms with Crippen LogP contribution in [0.1, 0.15) is 52.9 Å². The highest BCUT2D eigenvalue weighted by atomic mass is 16.2. The van der Waals surface area contributed by atoms with Gasteiger partial charge in [-0.2, -0.15) is 0 Å². The van der Waals surface area contributed by atoms with E-state index in [-0.39, 0.29) is 11.6 Å². The number of likely N-dealkylation sites (tertiary alicyclic amines) is 1. The van der Waals surface area contributed by atoms with E-state index in [0.717, 1.165) is 25.4 Å². The zero-order valence-electron chi connectivity index (χ0n) is 13.2. The molecule has 0 bridgehead atoms. The molecule has 114 valence electrons. The van der Waals surface area contributed by atoms with E-state index in [1.165, 1.54) is 32.2 Å². The van der Waals surface area contributed by atoms with Crippen molar-refractivity contribution < 1.29 is 4.79 Å². The molecule has 3 atom stereocenters. The lowest BCUT2D eigenvalue weighted by Crippen LogP contribution is -2.62. The minimum Gasteiger partial charge on any atom is -0.333 e. The zero-order chi connectivity index (χ0) is 14.4. The highest BCUT2D eigenvalue weighted by Crippen LogP contribution is 2.51. The van der Waals surface area contributed by atoms with Gasteiger partial charge in [-0.15, -0.1) is 0 Å². The fourth-order valence-electron chi connectivity index (χ4n) is 4.44. The molecule has 4 nitrogen and oxygen atoms in total. The van der Waals surface area contributed by atoms with Gasteiger partial charge in [-0.3, -0.25) is 0 Å². The Kier molecular flexibility index (Phi) is 3.47. The van der Waals surface area contributed by atoms with Gasteiger partial charge in [-0.1, -0.05) is 0 Å². The molecule has 4 heteroatoms. The van der Waals surface area contributed by atoms with Crippen molar-refractivity contribution in [1.29, 1.82) is 0 Å². The van der Waals surface area contributed by atoms with Crippen LogP contribution in [0.4, 0.5) is 4.79 Å². The predicted octanol–water partition coefficient (Wildman–Crippen LogP) is 2.35. The summed E-state index contributed by atoms with van der Waals surface area (Å²) in [6.07, 6.45) is 6.47. The Morgan fingerprint density at radius 2 is 2.05 bits per heavy atom. The topological polar surface area (TPSA) is 44.4 Å². The summed E-state index contributed by atoms with van der Waals surface area (Å²) in [5.74, 6) is 1.53. The summed E-state index contributed by atoms with van der Waals surface area (Å²) in [6, 6.07) is 0.118. The number of carbonyl (C=O) groups excluding carboxylic acids is 1. The Bertz CT molecular complexity index is 390. The highest BCUT2D eigenvalue weighted by molar-refractivity contribution is 5.75. The van der Waals surface area contributed by atoms with E-state index in [1.54, 1.807) is 0 Å². The molecule has 2 amide bonds. The molecule has 2 heterocycles. The maximum absolute atomic E-state index is 12.4. The van der Waals surface area contributed by atoms with E-state index in [2.05, 4.69) is 10.6 Å². The van der Waals surface area contributed by atoms with Crippen LogP contribution in [0.5, 0.6) is 0 Å². The van der Waals surface area contributed by atoms with Crippen LogP contribution in [0, 0.1) is 11.8 Å². The second-order valence-electron chi connectivity index (χ2n) is 7.96. The Balaban J connectivity index is 1.64. The van der Waals surface area contributed by atoms with Crippen molar-refractivity contribution in [3.8, 4) is 0 Å². The lowest BCUT2D eigenvalue weighted by Gasteiger charge is -2.53. The fraction of sp³-hybridized carbons (Fsp3) is 0.938. The summed E-state index contributed by atoms with van der Waals surface area (Å²) in [7, 11) is 0. The first-order valence-electron chi connectivity index (χ1n) is 8.23. The third-order valence-corrected chi connectivity index (χ3v) is 5.50. The van der Waals surface area contributed by atoms with Crippen LogP contribution in [-0.4, -0.2) is 41.6 Å². The first-order valence-corrected chi connectivity index (χ1v) is 8.23. The second kappa shape index (κ2) is 4.90. The standard InChI is InChI=1S/C16H29N3O/c1-15(2,3)18-14(20)19-10-4-5-13(11-19)16-8-6-12(16)7-9-17-16/h12-13,17H,4-11H2,1-3H3,(H,18,20). The molecular weight excluding hydrogens is 250 g/mol. The number of fused-ring (bicyclic) bond motifs is 1. The van der Waals surface area contributed by atoms with Gasteiger partial charge in [0.15, 0.2) is 0 Å². The van der Waals surface area contributed by atoms with Crippen LogP contribution in [0.3, 0.4) is 0 Å². The quantitative estimate of drug-likeness (QED) is 0.774.